The Morgan fingerprint density at radius 3 is 2.32 bits per heavy atom. The highest BCUT2D eigenvalue weighted by molar-refractivity contribution is 9.10. The monoisotopic (exact) mass is 325 g/mol. The SMILES string of the molecule is COc1ccc(Br)c(C(=O)NC2C(C)(C)C2(C)C)c1. The Kier molecular flexibility index (Phi) is 3.42. The van der Waals surface area contributed by atoms with Crippen molar-refractivity contribution in [1.29, 1.82) is 0 Å². The second kappa shape index (κ2) is 4.51. The minimum absolute atomic E-state index is 0.0607. The number of nitrogens with one attached hydrogen (secondary N) is 1. The number of methoxy groups -OCH3 is 1. The van der Waals surface area contributed by atoms with E-state index in [0.717, 1.165) is 4.47 Å². The van der Waals surface area contributed by atoms with Crippen LogP contribution in [0.25, 0.3) is 0 Å². The maximum Gasteiger partial charge on any atom is 0.252 e. The molecule has 1 aliphatic carbocycles. The van der Waals surface area contributed by atoms with E-state index in [2.05, 4.69) is 48.9 Å². The molecular weight excluding hydrogens is 306 g/mol. The van der Waals surface area contributed by atoms with Gasteiger partial charge >= 0.3 is 0 Å². The number of hydrogen-bond donors (Lipinski definition) is 1. The Hall–Kier alpha value is -1.03. The fraction of sp³-hybridized carbons (Fsp3) is 0.533. The second-order valence-electron chi connectivity index (χ2n) is 6.20. The third-order valence-electron chi connectivity index (χ3n) is 4.71. The molecule has 0 atom stereocenters. The standard InChI is InChI=1S/C15H20BrNO2/c1-14(2)13(15(14,3)4)17-12(18)10-8-9(19-5)6-7-11(10)16/h6-8,13H,1-5H3,(H,17,18). The minimum atomic E-state index is -0.0607. The molecule has 0 unspecified atom stereocenters. The van der Waals surface area contributed by atoms with E-state index in [-0.39, 0.29) is 22.8 Å². The molecule has 2 rings (SSSR count). The summed E-state index contributed by atoms with van der Waals surface area (Å²) in [7, 11) is 1.60. The van der Waals surface area contributed by atoms with Crippen LogP contribution in [0.4, 0.5) is 0 Å². The van der Waals surface area contributed by atoms with Crippen LogP contribution in [0.2, 0.25) is 0 Å². The van der Waals surface area contributed by atoms with Gasteiger partial charge in [0.25, 0.3) is 5.91 Å². The summed E-state index contributed by atoms with van der Waals surface area (Å²) in [6.45, 7) is 8.72. The van der Waals surface area contributed by atoms with Crippen molar-refractivity contribution in [3.8, 4) is 5.75 Å². The third-order valence-corrected chi connectivity index (χ3v) is 5.41. The van der Waals surface area contributed by atoms with Gasteiger partial charge in [0.05, 0.1) is 12.7 Å². The zero-order valence-corrected chi connectivity index (χ0v) is 13.6. The molecular formula is C15H20BrNO2. The zero-order valence-electron chi connectivity index (χ0n) is 12.0. The van der Waals surface area contributed by atoms with E-state index in [1.165, 1.54) is 0 Å². The first kappa shape index (κ1) is 14.4. The van der Waals surface area contributed by atoms with Crippen molar-refractivity contribution in [2.75, 3.05) is 7.11 Å². The summed E-state index contributed by atoms with van der Waals surface area (Å²) in [6, 6.07) is 5.61. The molecule has 0 saturated heterocycles. The van der Waals surface area contributed by atoms with Crippen molar-refractivity contribution >= 4 is 21.8 Å². The van der Waals surface area contributed by atoms with Crippen molar-refractivity contribution in [3.05, 3.63) is 28.2 Å². The van der Waals surface area contributed by atoms with Crippen LogP contribution in [-0.4, -0.2) is 19.1 Å². The van der Waals surface area contributed by atoms with Crippen LogP contribution in [0.1, 0.15) is 38.1 Å². The summed E-state index contributed by atoms with van der Waals surface area (Å²) in [6.07, 6.45) is 0. The Balaban J connectivity index is 2.18. The number of ether oxygens (including phenoxy) is 1. The Morgan fingerprint density at radius 2 is 1.84 bits per heavy atom. The zero-order chi connectivity index (χ0) is 14.4. The Morgan fingerprint density at radius 1 is 1.26 bits per heavy atom. The number of hydrogen-bond acceptors (Lipinski definition) is 2. The second-order valence-corrected chi connectivity index (χ2v) is 7.05. The smallest absolute Gasteiger partial charge is 0.252 e. The maximum absolute atomic E-state index is 12.4. The molecule has 0 aromatic heterocycles. The molecule has 1 aromatic carbocycles. The molecule has 0 heterocycles. The molecule has 3 nitrogen and oxygen atoms in total. The van der Waals surface area contributed by atoms with E-state index in [4.69, 9.17) is 4.74 Å². The molecule has 1 aromatic rings. The van der Waals surface area contributed by atoms with Gasteiger partial charge in [-0.1, -0.05) is 27.7 Å². The fourth-order valence-electron chi connectivity index (χ4n) is 2.57. The normalized spacial score (nSPS) is 19.9. The quantitative estimate of drug-likeness (QED) is 0.921. The van der Waals surface area contributed by atoms with E-state index in [0.29, 0.717) is 11.3 Å². The number of rotatable bonds is 3. The number of amides is 1. The van der Waals surface area contributed by atoms with Crippen molar-refractivity contribution in [3.63, 3.8) is 0 Å². The van der Waals surface area contributed by atoms with Crippen molar-refractivity contribution in [2.24, 2.45) is 10.8 Å². The van der Waals surface area contributed by atoms with Crippen molar-refractivity contribution in [1.82, 2.24) is 5.32 Å². The van der Waals surface area contributed by atoms with Crippen LogP contribution in [0.15, 0.2) is 22.7 Å². The highest BCUT2D eigenvalue weighted by atomic mass is 79.9. The van der Waals surface area contributed by atoms with Crippen LogP contribution < -0.4 is 10.1 Å². The van der Waals surface area contributed by atoms with E-state index < -0.39 is 0 Å². The van der Waals surface area contributed by atoms with Gasteiger partial charge in [-0.3, -0.25) is 4.79 Å². The molecule has 0 aliphatic heterocycles. The molecule has 0 bridgehead atoms. The first-order valence-corrected chi connectivity index (χ1v) is 7.15. The number of halogens is 1. The predicted octanol–water partition coefficient (Wildman–Crippen LogP) is 3.62. The molecule has 0 radical (unpaired) electrons. The van der Waals surface area contributed by atoms with Crippen LogP contribution in [0.3, 0.4) is 0 Å². The highest BCUT2D eigenvalue weighted by Gasteiger charge is 2.65. The largest absolute Gasteiger partial charge is 0.497 e. The topological polar surface area (TPSA) is 38.3 Å². The molecule has 4 heteroatoms. The number of carbonyl (C=O) groups excluding carboxylic acids is 1. The van der Waals surface area contributed by atoms with Crippen LogP contribution in [0, 0.1) is 10.8 Å². The lowest BCUT2D eigenvalue weighted by Crippen LogP contribution is -2.30. The third kappa shape index (κ3) is 2.27. The lowest BCUT2D eigenvalue weighted by atomic mass is 10.0. The van der Waals surface area contributed by atoms with Gasteiger partial charge in [0, 0.05) is 10.5 Å². The highest BCUT2D eigenvalue weighted by Crippen LogP contribution is 2.62. The van der Waals surface area contributed by atoms with Crippen LogP contribution >= 0.6 is 15.9 Å². The van der Waals surface area contributed by atoms with E-state index >= 15 is 0 Å². The lowest BCUT2D eigenvalue weighted by molar-refractivity contribution is 0.0942. The van der Waals surface area contributed by atoms with Gasteiger partial charge in [-0.15, -0.1) is 0 Å². The summed E-state index contributed by atoms with van der Waals surface area (Å²) < 4.78 is 5.94. The van der Waals surface area contributed by atoms with Gasteiger partial charge in [0.15, 0.2) is 0 Å². The van der Waals surface area contributed by atoms with Crippen molar-refractivity contribution in [2.45, 2.75) is 33.7 Å². The fourth-order valence-corrected chi connectivity index (χ4v) is 3.00. The van der Waals surface area contributed by atoms with Gasteiger partial charge in [0.2, 0.25) is 0 Å². The summed E-state index contributed by atoms with van der Waals surface area (Å²) in [4.78, 5) is 12.4. The molecule has 104 valence electrons. The molecule has 0 spiro atoms. The van der Waals surface area contributed by atoms with E-state index in [1.54, 1.807) is 13.2 Å². The molecule has 1 aliphatic rings. The average Bonchev–Trinajstić information content (AvgIpc) is 2.72. The van der Waals surface area contributed by atoms with Gasteiger partial charge in [-0.25, -0.2) is 0 Å². The lowest BCUT2D eigenvalue weighted by Gasteiger charge is -2.10. The van der Waals surface area contributed by atoms with Gasteiger partial charge in [-0.2, -0.15) is 0 Å². The predicted molar refractivity (Wildman–Crippen MR) is 79.5 cm³/mol. The molecule has 1 saturated carbocycles. The molecule has 19 heavy (non-hydrogen) atoms. The number of carbonyl (C=O) groups is 1. The van der Waals surface area contributed by atoms with E-state index in [9.17, 15) is 4.79 Å². The first-order valence-electron chi connectivity index (χ1n) is 6.36. The maximum atomic E-state index is 12.4. The molecule has 1 N–H and O–H groups in total. The van der Waals surface area contributed by atoms with Gasteiger partial charge in [-0.05, 0) is 45.0 Å². The average molecular weight is 326 g/mol. The minimum Gasteiger partial charge on any atom is -0.497 e. The van der Waals surface area contributed by atoms with Gasteiger partial charge < -0.3 is 10.1 Å². The molecule has 1 amide bonds. The Bertz CT molecular complexity index is 509. The Labute approximate surface area is 122 Å². The van der Waals surface area contributed by atoms with E-state index in [1.807, 2.05) is 12.1 Å². The molecule has 1 fully saturated rings. The van der Waals surface area contributed by atoms with Crippen molar-refractivity contribution < 1.29 is 9.53 Å². The summed E-state index contributed by atoms with van der Waals surface area (Å²) in [5.74, 6) is 0.622. The summed E-state index contributed by atoms with van der Waals surface area (Å²) in [5.41, 5.74) is 0.875. The first-order chi connectivity index (χ1) is 8.71. The number of benzene rings is 1. The van der Waals surface area contributed by atoms with Gasteiger partial charge in [0.1, 0.15) is 5.75 Å². The summed E-state index contributed by atoms with van der Waals surface area (Å²) in [5, 5.41) is 3.12. The van der Waals surface area contributed by atoms with Crippen LogP contribution in [0.5, 0.6) is 5.75 Å². The summed E-state index contributed by atoms with van der Waals surface area (Å²) >= 11 is 3.41. The van der Waals surface area contributed by atoms with Crippen LogP contribution in [-0.2, 0) is 0 Å².